The van der Waals surface area contributed by atoms with Gasteiger partial charge in [-0.05, 0) is 0 Å². The minimum atomic E-state index is -1.53. The third kappa shape index (κ3) is 11.3. The number of aromatic nitrogens is 4. The third-order valence-corrected chi connectivity index (χ3v) is 5.16. The van der Waals surface area contributed by atoms with E-state index in [9.17, 15) is 19.2 Å². The predicted molar refractivity (Wildman–Crippen MR) is 148 cm³/mol. The van der Waals surface area contributed by atoms with E-state index in [0.29, 0.717) is 39.2 Å². The van der Waals surface area contributed by atoms with Gasteiger partial charge in [0.15, 0.2) is 0 Å². The second-order valence-corrected chi connectivity index (χ2v) is 7.03. The Labute approximate surface area is 312 Å². The minimum absolute atomic E-state index is 0. The van der Waals surface area contributed by atoms with Crippen molar-refractivity contribution in [1.82, 2.24) is 19.9 Å². The fourth-order valence-electron chi connectivity index (χ4n) is 3.48. The summed E-state index contributed by atoms with van der Waals surface area (Å²) < 4.78 is 24.7. The summed E-state index contributed by atoms with van der Waals surface area (Å²) in [5.74, 6) is -3.03. The Hall–Kier alpha value is -2.68. The first kappa shape index (κ1) is 51.9. The van der Waals surface area contributed by atoms with E-state index in [0.717, 1.165) is 14.2 Å². The first-order valence-electron chi connectivity index (χ1n) is 10.7. The normalized spacial score (nSPS) is 8.60. The maximum atomic E-state index is 11.9. The van der Waals surface area contributed by atoms with Crippen LogP contribution in [0.4, 0.5) is 0 Å². The fourth-order valence-corrected chi connectivity index (χ4v) is 3.48. The van der Waals surface area contributed by atoms with Crippen LogP contribution in [0.2, 0.25) is 0 Å². The van der Waals surface area contributed by atoms with E-state index in [-0.39, 0.29) is 112 Å². The zero-order valence-electron chi connectivity index (χ0n) is 25.5. The molecular weight excluding hydrogens is 669 g/mol. The summed E-state index contributed by atoms with van der Waals surface area (Å²) in [5.41, 5.74) is 1.06. The molecule has 0 bridgehead atoms. The van der Waals surface area contributed by atoms with Crippen molar-refractivity contribution in [1.29, 1.82) is 0 Å². The average Bonchev–Trinajstić information content (AvgIpc) is 3.62. The van der Waals surface area contributed by atoms with E-state index in [4.69, 9.17) is 29.2 Å². The van der Waals surface area contributed by atoms with E-state index < -0.39 is 23.5 Å². The molecular formula is C24H30Cl2N4Na2O13. The molecule has 0 fully saturated rings. The van der Waals surface area contributed by atoms with E-state index in [1.165, 1.54) is 53.2 Å². The Morgan fingerprint density at radius 3 is 1.36 bits per heavy atom. The number of nitrogens with zero attached hydrogens (tertiary/aromatic N) is 2. The average molecular weight is 699 g/mol. The van der Waals surface area contributed by atoms with Crippen molar-refractivity contribution in [3.05, 3.63) is 35.9 Å². The number of esters is 1. The number of methoxy groups -OCH3 is 5. The van der Waals surface area contributed by atoms with Crippen molar-refractivity contribution in [3.8, 4) is 23.3 Å². The smallest absolute Gasteiger partial charge is 1.00 e. The van der Waals surface area contributed by atoms with Gasteiger partial charge in [-0.2, -0.15) is 0 Å². The molecule has 7 N–H and O–H groups in total. The van der Waals surface area contributed by atoms with Crippen LogP contribution in [-0.2, 0) is 14.3 Å². The maximum Gasteiger partial charge on any atom is 1.00 e. The Balaban J connectivity index is -0.000000199. The molecule has 0 saturated carbocycles. The molecule has 45 heavy (non-hydrogen) atoms. The summed E-state index contributed by atoms with van der Waals surface area (Å²) >= 11 is 0. The SMILES string of the molecule is CO.COC(=O)C(=O)c1c[nH]c2c(OC)ncc(OC)c12.COc1ncc(OC)c2c(C(=O)C(=O)O)c[nH]c12.Cl.O.[Cl-].[Na+].[Na+].[OH-]. The molecule has 0 aromatic carbocycles. The summed E-state index contributed by atoms with van der Waals surface area (Å²) in [6, 6.07) is 0. The molecule has 21 heteroatoms. The minimum Gasteiger partial charge on any atom is -1.00 e. The van der Waals surface area contributed by atoms with Gasteiger partial charge in [0.2, 0.25) is 11.8 Å². The third-order valence-electron chi connectivity index (χ3n) is 5.16. The largest absolute Gasteiger partial charge is 1.00 e. The Bertz CT molecular complexity index is 1530. The number of aliphatic hydroxyl groups excluding tert-OH is 1. The van der Waals surface area contributed by atoms with Crippen LogP contribution in [0.5, 0.6) is 23.3 Å². The van der Waals surface area contributed by atoms with Gasteiger partial charge in [0.1, 0.15) is 22.5 Å². The van der Waals surface area contributed by atoms with Crippen molar-refractivity contribution in [2.45, 2.75) is 0 Å². The Morgan fingerprint density at radius 1 is 0.711 bits per heavy atom. The molecule has 0 unspecified atom stereocenters. The van der Waals surface area contributed by atoms with Gasteiger partial charge >= 0.3 is 71.1 Å². The number of H-pyrrole nitrogens is 2. The van der Waals surface area contributed by atoms with Gasteiger partial charge in [-0.1, -0.05) is 0 Å². The van der Waals surface area contributed by atoms with Crippen LogP contribution >= 0.6 is 12.4 Å². The molecule has 0 saturated heterocycles. The number of fused-ring (bicyclic) bond motifs is 2. The topological polar surface area (TPSA) is 274 Å². The molecule has 4 heterocycles. The number of hydrogen-bond donors (Lipinski definition) is 4. The molecule has 4 aromatic heterocycles. The molecule has 17 nitrogen and oxygen atoms in total. The number of carboxylic acid groups (broad SMARTS) is 1. The number of hydrogen-bond acceptors (Lipinski definition) is 13. The van der Waals surface area contributed by atoms with E-state index in [2.05, 4.69) is 24.7 Å². The number of carbonyl (C=O) groups excluding carboxylic acids is 3. The van der Waals surface area contributed by atoms with Crippen LogP contribution in [0.25, 0.3) is 21.8 Å². The van der Waals surface area contributed by atoms with Crippen LogP contribution in [0.15, 0.2) is 24.8 Å². The molecule has 0 aliphatic carbocycles. The quantitative estimate of drug-likeness (QED) is 0.0576. The molecule has 240 valence electrons. The molecule has 0 aliphatic rings. The van der Waals surface area contributed by atoms with E-state index in [1.807, 2.05) is 0 Å². The number of pyridine rings is 2. The molecule has 4 aromatic rings. The first-order valence-corrected chi connectivity index (χ1v) is 10.7. The summed E-state index contributed by atoms with van der Waals surface area (Å²) in [7, 11) is 7.88. The number of ether oxygens (including phenoxy) is 5. The van der Waals surface area contributed by atoms with Gasteiger partial charge in [-0.3, -0.25) is 9.59 Å². The van der Waals surface area contributed by atoms with Crippen molar-refractivity contribution in [2.24, 2.45) is 0 Å². The van der Waals surface area contributed by atoms with Crippen molar-refractivity contribution < 1.29 is 136 Å². The summed E-state index contributed by atoms with van der Waals surface area (Å²) in [5, 5.41) is 16.5. The van der Waals surface area contributed by atoms with Crippen LogP contribution in [0.3, 0.4) is 0 Å². The number of carbonyl (C=O) groups is 4. The van der Waals surface area contributed by atoms with Crippen molar-refractivity contribution in [3.63, 3.8) is 0 Å². The molecule has 0 aliphatic heterocycles. The maximum absolute atomic E-state index is 11.9. The van der Waals surface area contributed by atoms with Gasteiger partial charge in [0.25, 0.3) is 11.6 Å². The summed E-state index contributed by atoms with van der Waals surface area (Å²) in [6.07, 6.45) is 5.49. The summed E-state index contributed by atoms with van der Waals surface area (Å²) in [4.78, 5) is 59.2. The molecule has 4 rings (SSSR count). The molecule has 0 amide bonds. The number of carboxylic acids is 1. The van der Waals surface area contributed by atoms with Crippen LogP contribution in [0, 0.1) is 0 Å². The Kier molecular flexibility index (Phi) is 28.3. The van der Waals surface area contributed by atoms with E-state index in [1.54, 1.807) is 0 Å². The van der Waals surface area contributed by atoms with Gasteiger partial charge < -0.3 is 67.2 Å². The molecule has 0 spiro atoms. The first-order chi connectivity index (χ1) is 18.7. The van der Waals surface area contributed by atoms with Gasteiger partial charge in [-0.15, -0.1) is 12.4 Å². The number of rotatable bonds is 8. The van der Waals surface area contributed by atoms with E-state index >= 15 is 0 Å². The zero-order valence-corrected chi connectivity index (χ0v) is 31.1. The van der Waals surface area contributed by atoms with Gasteiger partial charge in [0.05, 0.1) is 69.8 Å². The van der Waals surface area contributed by atoms with Gasteiger partial charge in [-0.25, -0.2) is 19.6 Å². The number of nitrogens with one attached hydrogen (secondary N) is 2. The Morgan fingerprint density at radius 2 is 1.07 bits per heavy atom. The van der Waals surface area contributed by atoms with Crippen molar-refractivity contribution >= 4 is 57.7 Å². The standard InChI is InChI=1S/C12H12N2O5.C11H10N2O5.CH4O.2ClH.2Na.2H2O/c1-17-7-5-14-11(18-2)9-8(7)6(4-13-9)10(15)12(16)19-3;1-17-6-4-13-10(18-2)8-7(6)5(3-12-8)9(14)11(15)16;1-2;;;;;;/h4-5,13H,1-3H3;3-4,12H,1-2H3,(H,15,16);2H,1H3;2*1H;;;2*1H2/q;;;;;2*+1;;/p-2. The predicted octanol–water partition coefficient (Wildman–Crippen LogP) is -8.18. The number of aliphatic hydroxyl groups is 1. The van der Waals surface area contributed by atoms with Crippen LogP contribution in [0.1, 0.15) is 20.7 Å². The zero-order chi connectivity index (χ0) is 29.3. The monoisotopic (exact) mass is 698 g/mol. The van der Waals surface area contributed by atoms with Crippen molar-refractivity contribution in [2.75, 3.05) is 42.7 Å². The number of halogens is 2. The molecule has 0 radical (unpaired) electrons. The van der Waals surface area contributed by atoms with Crippen LogP contribution in [-0.4, -0.2) is 107 Å². The second-order valence-electron chi connectivity index (χ2n) is 7.03. The number of aromatic amines is 2. The second kappa shape index (κ2) is 24.5. The number of ketones is 2. The molecule has 0 atom stereocenters. The fraction of sp³-hybridized carbons (Fsp3) is 0.250. The summed E-state index contributed by atoms with van der Waals surface area (Å²) in [6.45, 7) is 0. The number of Topliss-reactive ketones (excluding diaryl/α,β-unsaturated/α-hetero) is 2. The van der Waals surface area contributed by atoms with Crippen LogP contribution < -0.4 is 90.5 Å². The number of aliphatic carboxylic acids is 1. The van der Waals surface area contributed by atoms with Gasteiger partial charge in [0, 0.05) is 19.5 Å².